The Hall–Kier alpha value is -3.10. The highest BCUT2D eigenvalue weighted by Crippen LogP contribution is 2.62. The number of aliphatic hydroxyl groups is 2. The normalized spacial score (nSPS) is 31.3. The lowest BCUT2D eigenvalue weighted by Crippen LogP contribution is -2.58. The molecule has 6 aliphatic rings. The summed E-state index contributed by atoms with van der Waals surface area (Å²) < 4.78 is 28.8. The first-order valence-corrected chi connectivity index (χ1v) is 21.8. The SMILES string of the molecule is CC1=CCCC2(C)C(CCC2(O)CN(CC2CCC3CC2C3(C)C)S(C)(=O)=O)c2ccc(cc2C(=O)c2ccccc2-c2ccccc2)CC(O)CC1. The van der Waals surface area contributed by atoms with E-state index >= 15 is 0 Å². The van der Waals surface area contributed by atoms with Gasteiger partial charge in [0.25, 0.3) is 0 Å². The third kappa shape index (κ3) is 7.24. The van der Waals surface area contributed by atoms with Crippen molar-refractivity contribution in [3.8, 4) is 11.1 Å². The highest BCUT2D eigenvalue weighted by molar-refractivity contribution is 7.88. The van der Waals surface area contributed by atoms with Crippen molar-refractivity contribution in [2.24, 2.45) is 28.6 Å². The number of aliphatic hydroxyl groups excluding tert-OH is 1. The van der Waals surface area contributed by atoms with E-state index in [1.54, 1.807) is 4.31 Å². The summed E-state index contributed by atoms with van der Waals surface area (Å²) in [7, 11) is -3.62. The van der Waals surface area contributed by atoms with Gasteiger partial charge in [0.1, 0.15) is 0 Å². The van der Waals surface area contributed by atoms with Gasteiger partial charge >= 0.3 is 0 Å². The number of hydrogen-bond acceptors (Lipinski definition) is 5. The van der Waals surface area contributed by atoms with Crippen LogP contribution in [0.2, 0.25) is 0 Å². The molecule has 53 heavy (non-hydrogen) atoms. The second-order valence-electron chi connectivity index (χ2n) is 17.9. The highest BCUT2D eigenvalue weighted by Gasteiger charge is 2.59. The largest absolute Gasteiger partial charge is 0.393 e. The van der Waals surface area contributed by atoms with Gasteiger partial charge in [-0.3, -0.25) is 4.79 Å². The van der Waals surface area contributed by atoms with Crippen LogP contribution < -0.4 is 0 Å². The number of allylic oxidation sites excluding steroid dienone is 2. The van der Waals surface area contributed by atoms with Crippen LogP contribution in [0.15, 0.2) is 84.4 Å². The summed E-state index contributed by atoms with van der Waals surface area (Å²) in [4.78, 5) is 15.0. The van der Waals surface area contributed by atoms with Crippen molar-refractivity contribution in [3.05, 3.63) is 107 Å². The fraction of sp³-hybridized carbons (Fsp3) is 0.543. The van der Waals surface area contributed by atoms with Crippen LogP contribution in [0.1, 0.15) is 118 Å². The molecule has 6 nitrogen and oxygen atoms in total. The van der Waals surface area contributed by atoms with Crippen LogP contribution in [0.4, 0.5) is 0 Å². The van der Waals surface area contributed by atoms with Crippen LogP contribution in [0.3, 0.4) is 0 Å². The van der Waals surface area contributed by atoms with Gasteiger partial charge in [-0.1, -0.05) is 99.2 Å². The third-order valence-electron chi connectivity index (χ3n) is 14.5. The number of rotatable bonds is 8. The molecule has 0 heterocycles. The van der Waals surface area contributed by atoms with Gasteiger partial charge in [0.2, 0.25) is 10.0 Å². The Kier molecular flexibility index (Phi) is 10.5. The molecule has 284 valence electrons. The van der Waals surface area contributed by atoms with Gasteiger partial charge in [-0.25, -0.2) is 8.42 Å². The van der Waals surface area contributed by atoms with Crippen molar-refractivity contribution < 1.29 is 23.4 Å². The maximum atomic E-state index is 15.0. The first kappa shape index (κ1) is 38.2. The summed E-state index contributed by atoms with van der Waals surface area (Å²) in [5.41, 5.74) is 4.27. The summed E-state index contributed by atoms with van der Waals surface area (Å²) in [5.74, 6) is 1.24. The van der Waals surface area contributed by atoms with Crippen LogP contribution in [0, 0.1) is 28.6 Å². The number of carbonyl (C=O) groups excluding carboxylic acids is 1. The molecule has 0 spiro atoms. The van der Waals surface area contributed by atoms with Gasteiger partial charge in [-0.2, -0.15) is 4.31 Å². The molecule has 4 bridgehead atoms. The van der Waals surface area contributed by atoms with Gasteiger partial charge < -0.3 is 10.2 Å². The van der Waals surface area contributed by atoms with Crippen LogP contribution >= 0.6 is 0 Å². The van der Waals surface area contributed by atoms with E-state index in [0.29, 0.717) is 62.1 Å². The molecule has 0 radical (unpaired) electrons. The highest BCUT2D eigenvalue weighted by atomic mass is 32.2. The van der Waals surface area contributed by atoms with E-state index < -0.39 is 27.1 Å². The Morgan fingerprint density at radius 2 is 1.64 bits per heavy atom. The summed E-state index contributed by atoms with van der Waals surface area (Å²) in [6.45, 7) is 9.43. The fourth-order valence-corrected chi connectivity index (χ4v) is 11.9. The maximum Gasteiger partial charge on any atom is 0.211 e. The fourth-order valence-electron chi connectivity index (χ4n) is 10.9. The molecular formula is C46H59NO5S. The molecule has 6 aliphatic carbocycles. The molecule has 0 aromatic heterocycles. The van der Waals surface area contributed by atoms with Crippen LogP contribution in [0.5, 0.6) is 0 Å². The molecule has 4 fully saturated rings. The van der Waals surface area contributed by atoms with Crippen molar-refractivity contribution >= 4 is 15.8 Å². The van der Waals surface area contributed by atoms with E-state index in [-0.39, 0.29) is 29.6 Å². The average Bonchev–Trinajstić information content (AvgIpc) is 3.38. The number of ketones is 1. The molecular weight excluding hydrogens is 679 g/mol. The van der Waals surface area contributed by atoms with Crippen LogP contribution in [0.25, 0.3) is 11.1 Å². The second-order valence-corrected chi connectivity index (χ2v) is 19.9. The molecule has 2 N–H and O–H groups in total. The lowest BCUT2D eigenvalue weighted by molar-refractivity contribution is -0.114. The summed E-state index contributed by atoms with van der Waals surface area (Å²) in [6, 6.07) is 23.8. The minimum absolute atomic E-state index is 0.0546. The maximum absolute atomic E-state index is 15.0. The first-order valence-electron chi connectivity index (χ1n) is 19.9. The van der Waals surface area contributed by atoms with E-state index in [0.717, 1.165) is 47.4 Å². The molecule has 9 rings (SSSR count). The Balaban J connectivity index is 1.30. The topological polar surface area (TPSA) is 94.9 Å². The number of fused-ring (bicyclic) bond motifs is 10. The number of nitrogens with zero attached hydrogens (tertiary/aromatic N) is 1. The average molecular weight is 738 g/mol. The van der Waals surface area contributed by atoms with E-state index in [4.69, 9.17) is 0 Å². The van der Waals surface area contributed by atoms with Crippen LogP contribution in [-0.2, 0) is 16.4 Å². The Morgan fingerprint density at radius 1 is 0.906 bits per heavy atom. The second kappa shape index (κ2) is 14.5. The third-order valence-corrected chi connectivity index (χ3v) is 15.7. The van der Waals surface area contributed by atoms with Crippen molar-refractivity contribution in [1.82, 2.24) is 4.31 Å². The van der Waals surface area contributed by atoms with E-state index in [1.807, 2.05) is 66.7 Å². The summed E-state index contributed by atoms with van der Waals surface area (Å²) >= 11 is 0. The predicted molar refractivity (Wildman–Crippen MR) is 213 cm³/mol. The van der Waals surface area contributed by atoms with E-state index in [1.165, 1.54) is 18.2 Å². The lowest BCUT2D eigenvalue weighted by atomic mass is 9.45. The Bertz CT molecular complexity index is 1970. The Labute approximate surface area is 317 Å². The van der Waals surface area contributed by atoms with Gasteiger partial charge in [0, 0.05) is 29.6 Å². The van der Waals surface area contributed by atoms with Crippen molar-refractivity contribution in [2.45, 2.75) is 110 Å². The minimum Gasteiger partial charge on any atom is -0.393 e. The molecule has 7 heteroatoms. The van der Waals surface area contributed by atoms with Crippen LogP contribution in [-0.4, -0.2) is 59.8 Å². The van der Waals surface area contributed by atoms with Gasteiger partial charge in [-0.05, 0) is 129 Å². The van der Waals surface area contributed by atoms with Gasteiger partial charge in [-0.15, -0.1) is 0 Å². The van der Waals surface area contributed by atoms with E-state index in [2.05, 4.69) is 39.8 Å². The minimum atomic E-state index is -3.62. The molecule has 7 unspecified atom stereocenters. The predicted octanol–water partition coefficient (Wildman–Crippen LogP) is 8.96. The van der Waals surface area contributed by atoms with Crippen molar-refractivity contribution in [2.75, 3.05) is 19.3 Å². The number of carbonyl (C=O) groups is 1. The summed E-state index contributed by atoms with van der Waals surface area (Å²) in [5, 5.41) is 24.1. The molecule has 0 saturated heterocycles. The monoisotopic (exact) mass is 737 g/mol. The molecule has 4 saturated carbocycles. The number of hydrogen-bond donors (Lipinski definition) is 2. The first-order chi connectivity index (χ1) is 25.1. The molecule has 3 aromatic rings. The van der Waals surface area contributed by atoms with Gasteiger partial charge in [0.05, 0.1) is 18.0 Å². The zero-order valence-corrected chi connectivity index (χ0v) is 33.2. The smallest absolute Gasteiger partial charge is 0.211 e. The zero-order valence-electron chi connectivity index (χ0n) is 32.4. The Morgan fingerprint density at radius 3 is 2.36 bits per heavy atom. The number of sulfonamides is 1. The molecule has 0 aliphatic heterocycles. The van der Waals surface area contributed by atoms with E-state index in [9.17, 15) is 23.4 Å². The lowest BCUT2D eigenvalue weighted by Gasteiger charge is -2.60. The van der Waals surface area contributed by atoms with Gasteiger partial charge in [0.15, 0.2) is 5.78 Å². The zero-order chi connectivity index (χ0) is 37.8. The molecule has 7 atom stereocenters. The van der Waals surface area contributed by atoms with Crippen molar-refractivity contribution in [3.63, 3.8) is 0 Å². The quantitative estimate of drug-likeness (QED) is 0.178. The standard InChI is InChI=1S/C46H59NO5S/c1-31-12-11-24-45(4)41(23-25-46(45,50)30-47(53(5,51)52)29-34-19-20-35-28-42(34)44(35,2)3)38-22-18-32(26-36(48)21-17-31)27-40(38)43(49)39-16-10-9-15-37(39)33-13-7-6-8-14-33/h6-10,12-16,18,22,27,34-36,41-42,48,50H,11,17,19-21,23-26,28-30H2,1-5H3. The summed E-state index contributed by atoms with van der Waals surface area (Å²) in [6.07, 6.45) is 10.6. The molecule has 3 aromatic carbocycles. The number of benzene rings is 3. The molecule has 0 amide bonds. The van der Waals surface area contributed by atoms with Crippen molar-refractivity contribution in [1.29, 1.82) is 0 Å².